The molecule has 2 aromatic heterocycles. The van der Waals surface area contributed by atoms with Gasteiger partial charge in [0.1, 0.15) is 11.3 Å². The summed E-state index contributed by atoms with van der Waals surface area (Å²) >= 11 is 0. The van der Waals surface area contributed by atoms with Crippen LogP contribution < -0.4 is 4.90 Å². The number of nitrogens with zero attached hydrogens (tertiary/aromatic N) is 5. The molecule has 0 radical (unpaired) electrons. The van der Waals surface area contributed by atoms with Crippen molar-refractivity contribution in [1.82, 2.24) is 19.4 Å². The number of anilines is 1. The standard InChI is InChI=1S/C16H19N5O/c1-19-10-15(17-12-19)21-8-6-20(7-9-21)11-16-18-13-4-2-3-5-14(13)22-16/h2-5,10,12H,6-9,11H2,1H3. The number of rotatable bonds is 3. The third kappa shape index (κ3) is 2.57. The van der Waals surface area contributed by atoms with Crippen molar-refractivity contribution >= 4 is 16.9 Å². The van der Waals surface area contributed by atoms with Crippen LogP contribution in [0.15, 0.2) is 41.2 Å². The number of fused-ring (bicyclic) bond motifs is 1. The van der Waals surface area contributed by atoms with Crippen LogP contribution in [0, 0.1) is 0 Å². The van der Waals surface area contributed by atoms with Crippen molar-refractivity contribution in [1.29, 1.82) is 0 Å². The maximum absolute atomic E-state index is 5.80. The summed E-state index contributed by atoms with van der Waals surface area (Å²) in [5, 5.41) is 0. The average molecular weight is 297 g/mol. The minimum Gasteiger partial charge on any atom is -0.439 e. The molecular weight excluding hydrogens is 278 g/mol. The lowest BCUT2D eigenvalue weighted by Gasteiger charge is -2.34. The van der Waals surface area contributed by atoms with Crippen LogP contribution in [0.5, 0.6) is 0 Å². The zero-order chi connectivity index (χ0) is 14.9. The topological polar surface area (TPSA) is 50.3 Å². The van der Waals surface area contributed by atoms with Crippen LogP contribution in [-0.4, -0.2) is 45.6 Å². The van der Waals surface area contributed by atoms with Crippen LogP contribution in [0.25, 0.3) is 11.1 Å². The summed E-state index contributed by atoms with van der Waals surface area (Å²) in [7, 11) is 2.00. The summed E-state index contributed by atoms with van der Waals surface area (Å²) in [5.74, 6) is 1.86. The summed E-state index contributed by atoms with van der Waals surface area (Å²) in [6.07, 6.45) is 3.91. The van der Waals surface area contributed by atoms with E-state index in [1.165, 1.54) is 0 Å². The Morgan fingerprint density at radius 1 is 1.14 bits per heavy atom. The molecule has 0 atom stereocenters. The van der Waals surface area contributed by atoms with E-state index in [-0.39, 0.29) is 0 Å². The van der Waals surface area contributed by atoms with E-state index in [1.54, 1.807) is 0 Å². The van der Waals surface area contributed by atoms with Crippen molar-refractivity contribution in [2.24, 2.45) is 7.05 Å². The lowest BCUT2D eigenvalue weighted by molar-refractivity contribution is 0.228. The molecule has 0 spiro atoms. The molecule has 1 saturated heterocycles. The number of imidazole rings is 1. The first kappa shape index (κ1) is 13.3. The largest absolute Gasteiger partial charge is 0.439 e. The molecule has 0 amide bonds. The first-order valence-corrected chi connectivity index (χ1v) is 7.58. The van der Waals surface area contributed by atoms with Crippen LogP contribution in [0.2, 0.25) is 0 Å². The molecule has 0 N–H and O–H groups in total. The van der Waals surface area contributed by atoms with Gasteiger partial charge in [-0.3, -0.25) is 4.90 Å². The smallest absolute Gasteiger partial charge is 0.209 e. The van der Waals surface area contributed by atoms with E-state index in [2.05, 4.69) is 26.0 Å². The number of hydrogen-bond donors (Lipinski definition) is 0. The highest BCUT2D eigenvalue weighted by Crippen LogP contribution is 2.18. The van der Waals surface area contributed by atoms with E-state index in [0.29, 0.717) is 0 Å². The van der Waals surface area contributed by atoms with Crippen LogP contribution in [0.1, 0.15) is 5.89 Å². The van der Waals surface area contributed by atoms with Gasteiger partial charge in [-0.2, -0.15) is 0 Å². The Balaban J connectivity index is 1.39. The highest BCUT2D eigenvalue weighted by molar-refractivity contribution is 5.72. The van der Waals surface area contributed by atoms with Gasteiger partial charge in [-0.25, -0.2) is 9.97 Å². The SMILES string of the molecule is Cn1cnc(N2CCN(Cc3nc4ccccc4o3)CC2)c1. The minimum absolute atomic E-state index is 0.769. The van der Waals surface area contributed by atoms with Crippen molar-refractivity contribution in [2.75, 3.05) is 31.1 Å². The average Bonchev–Trinajstić information content (AvgIpc) is 3.13. The van der Waals surface area contributed by atoms with Gasteiger partial charge in [-0.1, -0.05) is 12.1 Å². The van der Waals surface area contributed by atoms with Gasteiger partial charge in [0, 0.05) is 39.4 Å². The van der Waals surface area contributed by atoms with E-state index in [1.807, 2.05) is 42.2 Å². The molecule has 0 bridgehead atoms. The molecule has 1 aliphatic heterocycles. The summed E-state index contributed by atoms with van der Waals surface area (Å²) in [6.45, 7) is 4.73. The Kier molecular flexibility index (Phi) is 3.31. The van der Waals surface area contributed by atoms with Gasteiger partial charge in [0.05, 0.1) is 12.9 Å². The highest BCUT2D eigenvalue weighted by Gasteiger charge is 2.20. The molecular formula is C16H19N5O. The molecule has 0 unspecified atom stereocenters. The Labute approximate surface area is 129 Å². The second-order valence-corrected chi connectivity index (χ2v) is 5.74. The van der Waals surface area contributed by atoms with Gasteiger partial charge >= 0.3 is 0 Å². The molecule has 6 nitrogen and oxygen atoms in total. The van der Waals surface area contributed by atoms with E-state index in [0.717, 1.165) is 55.5 Å². The van der Waals surface area contributed by atoms with Crippen molar-refractivity contribution in [3.63, 3.8) is 0 Å². The molecule has 114 valence electrons. The van der Waals surface area contributed by atoms with Gasteiger partial charge in [-0.15, -0.1) is 0 Å². The fraction of sp³-hybridized carbons (Fsp3) is 0.375. The van der Waals surface area contributed by atoms with Crippen LogP contribution in [0.3, 0.4) is 0 Å². The van der Waals surface area contributed by atoms with Gasteiger partial charge < -0.3 is 13.9 Å². The molecule has 1 fully saturated rings. The predicted octanol–water partition coefficient (Wildman–Crippen LogP) is 1.88. The maximum Gasteiger partial charge on any atom is 0.209 e. The summed E-state index contributed by atoms with van der Waals surface area (Å²) in [4.78, 5) is 13.7. The predicted molar refractivity (Wildman–Crippen MR) is 84.7 cm³/mol. The molecule has 22 heavy (non-hydrogen) atoms. The number of oxazole rings is 1. The van der Waals surface area contributed by atoms with Crippen LogP contribution in [-0.2, 0) is 13.6 Å². The Hall–Kier alpha value is -2.34. The zero-order valence-corrected chi connectivity index (χ0v) is 12.6. The monoisotopic (exact) mass is 297 g/mol. The van der Waals surface area contributed by atoms with Gasteiger partial charge in [0.15, 0.2) is 5.58 Å². The normalized spacial score (nSPS) is 16.5. The molecule has 4 rings (SSSR count). The summed E-state index contributed by atoms with van der Waals surface area (Å²) < 4.78 is 7.79. The third-order valence-electron chi connectivity index (χ3n) is 4.08. The van der Waals surface area contributed by atoms with E-state index in [9.17, 15) is 0 Å². The number of piperazine rings is 1. The van der Waals surface area contributed by atoms with E-state index in [4.69, 9.17) is 4.42 Å². The fourth-order valence-corrected chi connectivity index (χ4v) is 2.88. The number of aryl methyl sites for hydroxylation is 1. The van der Waals surface area contributed by atoms with Crippen LogP contribution >= 0.6 is 0 Å². The lowest BCUT2D eigenvalue weighted by atomic mass is 10.3. The maximum atomic E-state index is 5.80. The number of para-hydroxylation sites is 2. The van der Waals surface area contributed by atoms with E-state index >= 15 is 0 Å². The van der Waals surface area contributed by atoms with Crippen molar-refractivity contribution in [3.8, 4) is 0 Å². The van der Waals surface area contributed by atoms with E-state index < -0.39 is 0 Å². The number of hydrogen-bond acceptors (Lipinski definition) is 5. The summed E-state index contributed by atoms with van der Waals surface area (Å²) in [6, 6.07) is 7.91. The molecule has 3 heterocycles. The second-order valence-electron chi connectivity index (χ2n) is 5.74. The highest BCUT2D eigenvalue weighted by atomic mass is 16.3. The zero-order valence-electron chi connectivity index (χ0n) is 12.6. The van der Waals surface area contributed by atoms with Crippen molar-refractivity contribution < 1.29 is 4.42 Å². The summed E-state index contributed by atoms with van der Waals surface area (Å²) in [5.41, 5.74) is 1.80. The Morgan fingerprint density at radius 3 is 2.68 bits per heavy atom. The van der Waals surface area contributed by atoms with Crippen molar-refractivity contribution in [2.45, 2.75) is 6.54 Å². The van der Waals surface area contributed by atoms with Gasteiger partial charge in [-0.05, 0) is 12.1 Å². The molecule has 1 aliphatic rings. The quantitative estimate of drug-likeness (QED) is 0.739. The van der Waals surface area contributed by atoms with Crippen molar-refractivity contribution in [3.05, 3.63) is 42.7 Å². The molecule has 6 heteroatoms. The lowest BCUT2D eigenvalue weighted by Crippen LogP contribution is -2.46. The molecule has 1 aromatic carbocycles. The second kappa shape index (κ2) is 5.46. The minimum atomic E-state index is 0.769. The number of benzene rings is 1. The van der Waals surface area contributed by atoms with Crippen LogP contribution in [0.4, 0.5) is 5.82 Å². The molecule has 0 aliphatic carbocycles. The van der Waals surface area contributed by atoms with Gasteiger partial charge in [0.2, 0.25) is 5.89 Å². The fourth-order valence-electron chi connectivity index (χ4n) is 2.88. The molecule has 3 aromatic rings. The number of aromatic nitrogens is 3. The first-order chi connectivity index (χ1) is 10.8. The Bertz CT molecular complexity index is 737. The molecule has 0 saturated carbocycles. The first-order valence-electron chi connectivity index (χ1n) is 7.58. The van der Waals surface area contributed by atoms with Gasteiger partial charge in [0.25, 0.3) is 0 Å². The Morgan fingerprint density at radius 2 is 1.95 bits per heavy atom. The third-order valence-corrected chi connectivity index (χ3v) is 4.08.